The van der Waals surface area contributed by atoms with Crippen molar-refractivity contribution in [1.82, 2.24) is 10.2 Å². The number of rotatable bonds is 6. The lowest BCUT2D eigenvalue weighted by Crippen LogP contribution is -2.48. The van der Waals surface area contributed by atoms with Crippen LogP contribution in [-0.4, -0.2) is 47.1 Å². The summed E-state index contributed by atoms with van der Waals surface area (Å²) in [5.74, 6) is -0.713. The van der Waals surface area contributed by atoms with Gasteiger partial charge in [-0.25, -0.2) is 9.59 Å². The third-order valence-corrected chi connectivity index (χ3v) is 4.19. The quantitative estimate of drug-likeness (QED) is 0.772. The zero-order chi connectivity index (χ0) is 20.0. The van der Waals surface area contributed by atoms with E-state index in [0.717, 1.165) is 5.56 Å². The molecule has 0 aliphatic carbocycles. The minimum atomic E-state index is -0.690. The minimum Gasteiger partial charge on any atom is -0.458 e. The predicted molar refractivity (Wildman–Crippen MR) is 99.8 cm³/mol. The number of nitrogens with one attached hydrogen (secondary N) is 1. The second-order valence-corrected chi connectivity index (χ2v) is 7.54. The van der Waals surface area contributed by atoms with Gasteiger partial charge >= 0.3 is 12.1 Å². The third-order valence-electron chi connectivity index (χ3n) is 4.19. The molecule has 1 fully saturated rings. The van der Waals surface area contributed by atoms with Gasteiger partial charge in [0.15, 0.2) is 0 Å². The molecule has 2 atom stereocenters. The van der Waals surface area contributed by atoms with E-state index in [1.165, 1.54) is 4.90 Å². The molecule has 0 spiro atoms. The Morgan fingerprint density at radius 2 is 1.93 bits per heavy atom. The van der Waals surface area contributed by atoms with Gasteiger partial charge in [0.25, 0.3) is 0 Å². The maximum atomic E-state index is 12.6. The van der Waals surface area contributed by atoms with Gasteiger partial charge in [-0.1, -0.05) is 37.3 Å². The Labute approximate surface area is 160 Å². The number of benzene rings is 1. The van der Waals surface area contributed by atoms with Crippen molar-refractivity contribution in [3.05, 3.63) is 35.9 Å². The maximum absolute atomic E-state index is 12.6. The van der Waals surface area contributed by atoms with Crippen molar-refractivity contribution in [2.24, 2.45) is 0 Å². The van der Waals surface area contributed by atoms with Crippen molar-refractivity contribution < 1.29 is 23.9 Å². The Hall–Kier alpha value is -2.57. The fourth-order valence-electron chi connectivity index (χ4n) is 2.94. The van der Waals surface area contributed by atoms with Crippen LogP contribution in [0.1, 0.15) is 46.1 Å². The van der Waals surface area contributed by atoms with Crippen LogP contribution in [0.3, 0.4) is 0 Å². The molecular formula is C20H28N2O5. The topological polar surface area (TPSA) is 84.9 Å². The molecule has 2 amide bonds. The van der Waals surface area contributed by atoms with E-state index in [2.05, 4.69) is 5.32 Å². The SMILES string of the molecule is CC[C@@H](C(=O)OC(C)(C)C)N1CC[C@H](NC(=O)OCc2ccccc2)C1=O. The van der Waals surface area contributed by atoms with E-state index in [0.29, 0.717) is 19.4 Å². The molecule has 0 unspecified atom stereocenters. The highest BCUT2D eigenvalue weighted by atomic mass is 16.6. The highest BCUT2D eigenvalue weighted by molar-refractivity contribution is 5.91. The first kappa shape index (κ1) is 20.7. The summed E-state index contributed by atoms with van der Waals surface area (Å²) < 4.78 is 10.6. The van der Waals surface area contributed by atoms with Crippen LogP contribution in [0.5, 0.6) is 0 Å². The van der Waals surface area contributed by atoms with Gasteiger partial charge in [-0.3, -0.25) is 4.79 Å². The summed E-state index contributed by atoms with van der Waals surface area (Å²) in [6, 6.07) is 7.95. The van der Waals surface area contributed by atoms with Crippen LogP contribution >= 0.6 is 0 Å². The first-order chi connectivity index (χ1) is 12.7. The van der Waals surface area contributed by atoms with Crippen LogP contribution in [0.2, 0.25) is 0 Å². The fraction of sp³-hybridized carbons (Fsp3) is 0.550. The monoisotopic (exact) mass is 376 g/mol. The van der Waals surface area contributed by atoms with E-state index in [1.54, 1.807) is 20.8 Å². The lowest BCUT2D eigenvalue weighted by Gasteiger charge is -2.29. The molecule has 0 bridgehead atoms. The lowest BCUT2D eigenvalue weighted by atomic mass is 10.1. The second-order valence-electron chi connectivity index (χ2n) is 7.54. The number of amides is 2. The first-order valence-electron chi connectivity index (χ1n) is 9.22. The van der Waals surface area contributed by atoms with Crippen molar-refractivity contribution in [3.8, 4) is 0 Å². The summed E-state index contributed by atoms with van der Waals surface area (Å²) in [4.78, 5) is 38.5. The smallest absolute Gasteiger partial charge is 0.408 e. The number of likely N-dealkylation sites (tertiary alicyclic amines) is 1. The van der Waals surface area contributed by atoms with E-state index in [1.807, 2.05) is 37.3 Å². The molecule has 7 nitrogen and oxygen atoms in total. The van der Waals surface area contributed by atoms with Gasteiger partial charge in [-0.05, 0) is 39.2 Å². The van der Waals surface area contributed by atoms with Crippen molar-refractivity contribution in [1.29, 1.82) is 0 Å². The van der Waals surface area contributed by atoms with Gasteiger partial charge in [0.05, 0.1) is 0 Å². The molecule has 0 radical (unpaired) electrons. The Morgan fingerprint density at radius 3 is 2.52 bits per heavy atom. The summed E-state index contributed by atoms with van der Waals surface area (Å²) in [5.41, 5.74) is 0.245. The molecule has 7 heteroatoms. The molecule has 1 aliphatic heterocycles. The van der Waals surface area contributed by atoms with Crippen LogP contribution in [0, 0.1) is 0 Å². The number of hydrogen-bond donors (Lipinski definition) is 1. The van der Waals surface area contributed by atoms with Crippen LogP contribution < -0.4 is 5.32 Å². The summed E-state index contributed by atoms with van der Waals surface area (Å²) in [7, 11) is 0. The summed E-state index contributed by atoms with van der Waals surface area (Å²) in [6.45, 7) is 7.72. The van der Waals surface area contributed by atoms with E-state index in [4.69, 9.17) is 9.47 Å². The first-order valence-corrected chi connectivity index (χ1v) is 9.22. The van der Waals surface area contributed by atoms with Gasteiger partial charge in [0, 0.05) is 6.54 Å². The average molecular weight is 376 g/mol. The Balaban J connectivity index is 1.89. The molecule has 1 heterocycles. The molecule has 0 aromatic heterocycles. The number of alkyl carbamates (subject to hydrolysis) is 1. The van der Waals surface area contributed by atoms with E-state index < -0.39 is 29.7 Å². The maximum Gasteiger partial charge on any atom is 0.408 e. The zero-order valence-electron chi connectivity index (χ0n) is 16.4. The van der Waals surface area contributed by atoms with Crippen LogP contribution in [0.4, 0.5) is 4.79 Å². The van der Waals surface area contributed by atoms with Gasteiger partial charge in [0.1, 0.15) is 24.3 Å². The molecular weight excluding hydrogens is 348 g/mol. The minimum absolute atomic E-state index is 0.132. The molecule has 1 saturated heterocycles. The number of ether oxygens (including phenoxy) is 2. The highest BCUT2D eigenvalue weighted by Crippen LogP contribution is 2.20. The molecule has 1 N–H and O–H groups in total. The highest BCUT2D eigenvalue weighted by Gasteiger charge is 2.40. The molecule has 1 aromatic rings. The molecule has 2 rings (SSSR count). The fourth-order valence-corrected chi connectivity index (χ4v) is 2.94. The van der Waals surface area contributed by atoms with Crippen LogP contribution in [-0.2, 0) is 25.7 Å². The van der Waals surface area contributed by atoms with Gasteiger partial charge < -0.3 is 19.7 Å². The Morgan fingerprint density at radius 1 is 1.26 bits per heavy atom. The van der Waals surface area contributed by atoms with Gasteiger partial charge in [-0.2, -0.15) is 0 Å². The standard InChI is InChI=1S/C20H28N2O5/c1-5-16(18(24)27-20(2,3)4)22-12-11-15(17(22)23)21-19(25)26-13-14-9-7-6-8-10-14/h6-10,15-16H,5,11-13H2,1-4H3,(H,21,25)/t15-,16-/m0/s1. The number of carbonyl (C=O) groups excluding carboxylic acids is 3. The Bertz CT molecular complexity index is 669. The van der Waals surface area contributed by atoms with E-state index in [-0.39, 0.29) is 12.5 Å². The molecule has 1 aromatic carbocycles. The normalized spacial score (nSPS) is 18.1. The third kappa shape index (κ3) is 5.98. The van der Waals surface area contributed by atoms with Crippen molar-refractivity contribution >= 4 is 18.0 Å². The van der Waals surface area contributed by atoms with Crippen LogP contribution in [0.15, 0.2) is 30.3 Å². The number of carbonyl (C=O) groups is 3. The van der Waals surface area contributed by atoms with Crippen molar-refractivity contribution in [2.45, 2.75) is 64.8 Å². The van der Waals surface area contributed by atoms with Gasteiger partial charge in [-0.15, -0.1) is 0 Å². The Kier molecular flexibility index (Phi) is 6.82. The van der Waals surface area contributed by atoms with E-state index >= 15 is 0 Å². The number of hydrogen-bond acceptors (Lipinski definition) is 5. The van der Waals surface area contributed by atoms with Crippen LogP contribution in [0.25, 0.3) is 0 Å². The zero-order valence-corrected chi connectivity index (χ0v) is 16.4. The number of nitrogens with zero attached hydrogens (tertiary/aromatic N) is 1. The number of esters is 1. The second kappa shape index (κ2) is 8.88. The summed E-state index contributed by atoms with van der Waals surface area (Å²) >= 11 is 0. The average Bonchev–Trinajstić information content (AvgIpc) is 2.94. The van der Waals surface area contributed by atoms with Crippen molar-refractivity contribution in [3.63, 3.8) is 0 Å². The van der Waals surface area contributed by atoms with E-state index in [9.17, 15) is 14.4 Å². The summed E-state index contributed by atoms with van der Waals surface area (Å²) in [6.07, 6.45) is 0.231. The summed E-state index contributed by atoms with van der Waals surface area (Å²) in [5, 5.41) is 2.59. The largest absolute Gasteiger partial charge is 0.458 e. The van der Waals surface area contributed by atoms with Crippen molar-refractivity contribution in [2.75, 3.05) is 6.54 Å². The molecule has 27 heavy (non-hydrogen) atoms. The molecule has 0 saturated carbocycles. The van der Waals surface area contributed by atoms with Gasteiger partial charge in [0.2, 0.25) is 5.91 Å². The molecule has 1 aliphatic rings. The lowest BCUT2D eigenvalue weighted by molar-refractivity contribution is -0.164. The molecule has 148 valence electrons. The predicted octanol–water partition coefficient (Wildman–Crippen LogP) is 2.63.